The lowest BCUT2D eigenvalue weighted by Gasteiger charge is -2.31. The van der Waals surface area contributed by atoms with Crippen molar-refractivity contribution < 1.29 is 0 Å². The van der Waals surface area contributed by atoms with Crippen LogP contribution >= 0.6 is 0 Å². The molecule has 1 aromatic carbocycles. The summed E-state index contributed by atoms with van der Waals surface area (Å²) in [4.78, 5) is 10.4. The van der Waals surface area contributed by atoms with Crippen LogP contribution in [0.1, 0.15) is 38.5 Å². The Kier molecular flexibility index (Phi) is 4.76. The Morgan fingerprint density at radius 2 is 2.05 bits per heavy atom. The molecule has 0 radical (unpaired) electrons. The predicted octanol–water partition coefficient (Wildman–Crippen LogP) is 3.63. The highest BCUT2D eigenvalue weighted by molar-refractivity contribution is 5.77. The van der Waals surface area contributed by atoms with E-state index in [1.807, 2.05) is 18.2 Å². The fourth-order valence-corrected chi connectivity index (χ4v) is 3.28. The molecule has 4 heteroatoms. The van der Waals surface area contributed by atoms with Crippen molar-refractivity contribution in [2.24, 2.45) is 0 Å². The molecule has 0 aliphatic heterocycles. The van der Waals surface area contributed by atoms with Gasteiger partial charge in [0.15, 0.2) is 0 Å². The van der Waals surface area contributed by atoms with E-state index in [1.54, 1.807) is 0 Å². The Bertz CT molecular complexity index is 524. The molecule has 2 N–H and O–H groups in total. The number of nitrogens with zero attached hydrogens (tertiary/aromatic N) is 2. The van der Waals surface area contributed by atoms with E-state index in [-0.39, 0.29) is 0 Å². The van der Waals surface area contributed by atoms with Crippen LogP contribution in [0.2, 0.25) is 0 Å². The highest BCUT2D eigenvalue weighted by Crippen LogP contribution is 2.21. The molecule has 1 aliphatic rings. The molecule has 2 aromatic rings. The standard InChI is InChI=1S/C17H26N4/c1-21(14-8-3-2-4-9-14)13-7-12-18-17-19-15-10-5-6-11-16(15)20-17/h5-6,10-11,14H,2-4,7-9,12-13H2,1H3,(H2,18,19,20). The van der Waals surface area contributed by atoms with Crippen molar-refractivity contribution in [3.8, 4) is 0 Å². The number of anilines is 1. The molecular formula is C17H26N4. The second-order valence-electron chi connectivity index (χ2n) is 6.16. The highest BCUT2D eigenvalue weighted by atomic mass is 15.1. The van der Waals surface area contributed by atoms with Gasteiger partial charge in [-0.25, -0.2) is 4.98 Å². The lowest BCUT2D eigenvalue weighted by molar-refractivity contribution is 0.191. The maximum Gasteiger partial charge on any atom is 0.201 e. The van der Waals surface area contributed by atoms with Gasteiger partial charge in [-0.1, -0.05) is 31.4 Å². The van der Waals surface area contributed by atoms with Gasteiger partial charge in [-0.05, 0) is 45.0 Å². The molecule has 4 nitrogen and oxygen atoms in total. The van der Waals surface area contributed by atoms with Crippen molar-refractivity contribution in [1.29, 1.82) is 0 Å². The molecule has 1 fully saturated rings. The zero-order valence-corrected chi connectivity index (χ0v) is 12.9. The number of aromatic amines is 1. The predicted molar refractivity (Wildman–Crippen MR) is 88.7 cm³/mol. The first-order valence-corrected chi connectivity index (χ1v) is 8.22. The minimum Gasteiger partial charge on any atom is -0.356 e. The SMILES string of the molecule is CN(CCCNc1nc2ccccc2[nH]1)C1CCCCC1. The van der Waals surface area contributed by atoms with E-state index in [9.17, 15) is 0 Å². The number of rotatable bonds is 6. The van der Waals surface area contributed by atoms with E-state index in [4.69, 9.17) is 0 Å². The average Bonchev–Trinajstić information content (AvgIpc) is 2.95. The van der Waals surface area contributed by atoms with Crippen LogP contribution in [0.25, 0.3) is 11.0 Å². The van der Waals surface area contributed by atoms with Crippen molar-refractivity contribution >= 4 is 17.0 Å². The van der Waals surface area contributed by atoms with Crippen LogP contribution in [-0.2, 0) is 0 Å². The van der Waals surface area contributed by atoms with Crippen LogP contribution in [0, 0.1) is 0 Å². The Hall–Kier alpha value is -1.55. The summed E-state index contributed by atoms with van der Waals surface area (Å²) < 4.78 is 0. The number of fused-ring (bicyclic) bond motifs is 1. The molecule has 0 unspecified atom stereocenters. The van der Waals surface area contributed by atoms with Crippen LogP contribution in [0.3, 0.4) is 0 Å². The lowest BCUT2D eigenvalue weighted by atomic mass is 9.94. The molecule has 21 heavy (non-hydrogen) atoms. The first-order chi connectivity index (χ1) is 10.3. The third kappa shape index (κ3) is 3.76. The number of imidazole rings is 1. The first kappa shape index (κ1) is 14.4. The number of H-pyrrole nitrogens is 1. The highest BCUT2D eigenvalue weighted by Gasteiger charge is 2.17. The van der Waals surface area contributed by atoms with Gasteiger partial charge < -0.3 is 15.2 Å². The molecule has 1 saturated carbocycles. The molecule has 114 valence electrons. The van der Waals surface area contributed by atoms with Crippen LogP contribution in [-0.4, -0.2) is 41.0 Å². The zero-order chi connectivity index (χ0) is 14.5. The maximum atomic E-state index is 4.54. The van der Waals surface area contributed by atoms with Gasteiger partial charge in [0.25, 0.3) is 0 Å². The number of aromatic nitrogens is 2. The first-order valence-electron chi connectivity index (χ1n) is 8.22. The number of nitrogens with one attached hydrogen (secondary N) is 2. The van der Waals surface area contributed by atoms with Gasteiger partial charge in [0.1, 0.15) is 0 Å². The third-order valence-electron chi connectivity index (χ3n) is 4.57. The number of benzene rings is 1. The number of hydrogen-bond donors (Lipinski definition) is 2. The van der Waals surface area contributed by atoms with Crippen molar-refractivity contribution in [2.75, 3.05) is 25.5 Å². The van der Waals surface area contributed by atoms with Crippen LogP contribution in [0.4, 0.5) is 5.95 Å². The van der Waals surface area contributed by atoms with E-state index in [1.165, 1.54) is 32.1 Å². The van der Waals surface area contributed by atoms with E-state index in [2.05, 4.69) is 33.3 Å². The minimum atomic E-state index is 0.810. The van der Waals surface area contributed by atoms with Crippen LogP contribution in [0.15, 0.2) is 24.3 Å². The molecule has 0 spiro atoms. The summed E-state index contributed by atoms with van der Waals surface area (Å²) in [5.74, 6) is 0.886. The molecular weight excluding hydrogens is 260 g/mol. The van der Waals surface area contributed by atoms with Gasteiger partial charge in [-0.3, -0.25) is 0 Å². The van der Waals surface area contributed by atoms with E-state index >= 15 is 0 Å². The Labute approximate surface area is 126 Å². The second kappa shape index (κ2) is 6.94. The van der Waals surface area contributed by atoms with Crippen LogP contribution in [0.5, 0.6) is 0 Å². The van der Waals surface area contributed by atoms with Crippen molar-refractivity contribution in [3.05, 3.63) is 24.3 Å². The van der Waals surface area contributed by atoms with Gasteiger partial charge in [-0.15, -0.1) is 0 Å². The normalized spacial score (nSPS) is 16.7. The minimum absolute atomic E-state index is 0.810. The van der Waals surface area contributed by atoms with Gasteiger partial charge in [0.2, 0.25) is 5.95 Å². The second-order valence-corrected chi connectivity index (χ2v) is 6.16. The Balaban J connectivity index is 1.41. The molecule has 1 aromatic heterocycles. The topological polar surface area (TPSA) is 44.0 Å². The fourth-order valence-electron chi connectivity index (χ4n) is 3.28. The van der Waals surface area contributed by atoms with Gasteiger partial charge in [-0.2, -0.15) is 0 Å². The van der Waals surface area contributed by atoms with Gasteiger partial charge >= 0.3 is 0 Å². The van der Waals surface area contributed by atoms with E-state index < -0.39 is 0 Å². The summed E-state index contributed by atoms with van der Waals surface area (Å²) in [5.41, 5.74) is 2.12. The summed E-state index contributed by atoms with van der Waals surface area (Å²) in [5, 5.41) is 3.40. The smallest absolute Gasteiger partial charge is 0.201 e. The molecule has 0 saturated heterocycles. The third-order valence-corrected chi connectivity index (χ3v) is 4.57. The monoisotopic (exact) mass is 286 g/mol. The van der Waals surface area contributed by atoms with Gasteiger partial charge in [0, 0.05) is 12.6 Å². The number of hydrogen-bond acceptors (Lipinski definition) is 3. The Morgan fingerprint density at radius 1 is 1.24 bits per heavy atom. The van der Waals surface area contributed by atoms with Gasteiger partial charge in [0.05, 0.1) is 11.0 Å². The van der Waals surface area contributed by atoms with E-state index in [0.717, 1.165) is 42.5 Å². The van der Waals surface area contributed by atoms with Crippen LogP contribution < -0.4 is 5.32 Å². The summed E-state index contributed by atoms with van der Waals surface area (Å²) >= 11 is 0. The Morgan fingerprint density at radius 3 is 2.86 bits per heavy atom. The molecule has 1 heterocycles. The van der Waals surface area contributed by atoms with Crippen molar-refractivity contribution in [1.82, 2.24) is 14.9 Å². The maximum absolute atomic E-state index is 4.54. The molecule has 1 aliphatic carbocycles. The molecule has 3 rings (SSSR count). The molecule has 0 bridgehead atoms. The van der Waals surface area contributed by atoms with Crippen molar-refractivity contribution in [2.45, 2.75) is 44.6 Å². The quantitative estimate of drug-likeness (QED) is 0.797. The number of para-hydroxylation sites is 2. The fraction of sp³-hybridized carbons (Fsp3) is 0.588. The summed E-state index contributed by atoms with van der Waals surface area (Å²) in [6.45, 7) is 2.13. The summed E-state index contributed by atoms with van der Waals surface area (Å²) in [6, 6.07) is 8.96. The molecule has 0 amide bonds. The molecule has 0 atom stereocenters. The summed E-state index contributed by atoms with van der Waals surface area (Å²) in [7, 11) is 2.27. The van der Waals surface area contributed by atoms with Crippen molar-refractivity contribution in [3.63, 3.8) is 0 Å². The summed E-state index contributed by atoms with van der Waals surface area (Å²) in [6.07, 6.45) is 8.17. The average molecular weight is 286 g/mol. The largest absolute Gasteiger partial charge is 0.356 e. The zero-order valence-electron chi connectivity index (χ0n) is 12.9. The lowest BCUT2D eigenvalue weighted by Crippen LogP contribution is -2.34. The van der Waals surface area contributed by atoms with E-state index in [0.29, 0.717) is 0 Å².